The summed E-state index contributed by atoms with van der Waals surface area (Å²) in [6.07, 6.45) is -0.0542. The summed E-state index contributed by atoms with van der Waals surface area (Å²) in [6, 6.07) is 5.10. The van der Waals surface area contributed by atoms with Gasteiger partial charge in [-0.05, 0) is 44.4 Å². The third-order valence-electron chi connectivity index (χ3n) is 3.15. The number of halogens is 2. The molecule has 1 heterocycles. The summed E-state index contributed by atoms with van der Waals surface area (Å²) in [7, 11) is 0. The fourth-order valence-electron chi connectivity index (χ4n) is 2.05. The van der Waals surface area contributed by atoms with Crippen LogP contribution in [0.4, 0.5) is 0 Å². The summed E-state index contributed by atoms with van der Waals surface area (Å²) >= 11 is 9.63. The van der Waals surface area contributed by atoms with Crippen molar-refractivity contribution in [1.82, 2.24) is 20.2 Å². The summed E-state index contributed by atoms with van der Waals surface area (Å²) < 4.78 is 2.27. The summed E-state index contributed by atoms with van der Waals surface area (Å²) in [5.41, 5.74) is 0.659. The van der Waals surface area contributed by atoms with Crippen LogP contribution in [0.2, 0.25) is 5.02 Å². The van der Waals surface area contributed by atoms with Crippen LogP contribution in [0.1, 0.15) is 26.3 Å². The molecular weight excluding hydrogens is 360 g/mol. The van der Waals surface area contributed by atoms with E-state index in [0.717, 1.165) is 4.47 Å². The molecule has 0 saturated carbocycles. The molecule has 8 heteroatoms. The molecule has 1 N–H and O–H groups in total. The molecule has 0 aliphatic rings. The van der Waals surface area contributed by atoms with E-state index in [0.29, 0.717) is 16.4 Å². The second kappa shape index (κ2) is 6.53. The number of hydrogen-bond donors (Lipinski definition) is 1. The van der Waals surface area contributed by atoms with Crippen molar-refractivity contribution in [2.75, 3.05) is 0 Å². The lowest BCUT2D eigenvalue weighted by molar-refractivity contribution is -0.138. The molecule has 2 rings (SSSR count). The van der Waals surface area contributed by atoms with Crippen LogP contribution in [0.15, 0.2) is 22.7 Å². The SMILES string of the molecule is CC(C)C(CC(=O)O)n1nnnc1-c1cccc(Br)c1Cl. The Labute approximate surface area is 135 Å². The minimum atomic E-state index is -0.893. The van der Waals surface area contributed by atoms with E-state index in [2.05, 4.69) is 31.5 Å². The smallest absolute Gasteiger partial charge is 0.305 e. The summed E-state index contributed by atoms with van der Waals surface area (Å²) in [5.74, 6) is -0.369. The number of nitrogens with zero attached hydrogens (tertiary/aromatic N) is 4. The first-order chi connectivity index (χ1) is 9.91. The van der Waals surface area contributed by atoms with Crippen LogP contribution in [0.3, 0.4) is 0 Å². The normalized spacial score (nSPS) is 12.6. The highest BCUT2D eigenvalue weighted by Crippen LogP contribution is 2.34. The van der Waals surface area contributed by atoms with E-state index in [1.54, 1.807) is 6.07 Å². The third kappa shape index (κ3) is 3.41. The maximum absolute atomic E-state index is 11.1. The molecule has 0 amide bonds. The summed E-state index contributed by atoms with van der Waals surface area (Å²) in [5, 5.41) is 21.2. The first-order valence-corrected chi connectivity index (χ1v) is 7.53. The van der Waals surface area contributed by atoms with Crippen LogP contribution >= 0.6 is 27.5 Å². The fourth-order valence-corrected chi connectivity index (χ4v) is 2.63. The molecule has 0 aliphatic carbocycles. The van der Waals surface area contributed by atoms with Gasteiger partial charge in [0.05, 0.1) is 17.5 Å². The van der Waals surface area contributed by atoms with Crippen molar-refractivity contribution >= 4 is 33.5 Å². The molecule has 0 aliphatic heterocycles. The van der Waals surface area contributed by atoms with Crippen molar-refractivity contribution in [2.24, 2.45) is 5.92 Å². The number of carboxylic acid groups (broad SMARTS) is 1. The van der Waals surface area contributed by atoms with Crippen LogP contribution in [-0.4, -0.2) is 31.3 Å². The standard InChI is InChI=1S/C13H14BrClN4O2/c1-7(2)10(6-11(20)21)19-13(16-17-18-19)8-4-3-5-9(14)12(8)15/h3-5,7,10H,6H2,1-2H3,(H,20,21). The predicted octanol–water partition coefficient (Wildman–Crippen LogP) is 3.43. The van der Waals surface area contributed by atoms with Crippen LogP contribution in [-0.2, 0) is 4.79 Å². The lowest BCUT2D eigenvalue weighted by Crippen LogP contribution is -2.21. The molecule has 1 aromatic heterocycles. The second-order valence-corrected chi connectivity index (χ2v) is 6.19. The maximum atomic E-state index is 11.1. The largest absolute Gasteiger partial charge is 0.481 e. The zero-order valence-electron chi connectivity index (χ0n) is 11.5. The minimum absolute atomic E-state index is 0.0542. The number of carbonyl (C=O) groups is 1. The van der Waals surface area contributed by atoms with Gasteiger partial charge in [0.1, 0.15) is 0 Å². The quantitative estimate of drug-likeness (QED) is 0.868. The van der Waals surface area contributed by atoms with Gasteiger partial charge in [-0.15, -0.1) is 5.10 Å². The van der Waals surface area contributed by atoms with Crippen LogP contribution in [0, 0.1) is 5.92 Å². The zero-order chi connectivity index (χ0) is 15.6. The molecular formula is C13H14BrClN4O2. The number of hydrogen-bond acceptors (Lipinski definition) is 4. The molecule has 0 spiro atoms. The van der Waals surface area contributed by atoms with Gasteiger partial charge >= 0.3 is 5.97 Å². The number of aromatic nitrogens is 4. The maximum Gasteiger partial charge on any atom is 0.305 e. The van der Waals surface area contributed by atoms with Crippen molar-refractivity contribution in [3.63, 3.8) is 0 Å². The Morgan fingerprint density at radius 2 is 2.19 bits per heavy atom. The average Bonchev–Trinajstić information content (AvgIpc) is 2.87. The van der Waals surface area contributed by atoms with E-state index in [-0.39, 0.29) is 18.4 Å². The molecule has 112 valence electrons. The lowest BCUT2D eigenvalue weighted by atomic mass is 10.0. The van der Waals surface area contributed by atoms with Gasteiger partial charge in [-0.2, -0.15) is 0 Å². The molecule has 2 aromatic rings. The fraction of sp³-hybridized carbons (Fsp3) is 0.385. The second-order valence-electron chi connectivity index (χ2n) is 4.96. The van der Waals surface area contributed by atoms with E-state index in [1.165, 1.54) is 4.68 Å². The number of aliphatic carboxylic acids is 1. The van der Waals surface area contributed by atoms with Crippen molar-refractivity contribution in [1.29, 1.82) is 0 Å². The molecule has 21 heavy (non-hydrogen) atoms. The molecule has 1 atom stereocenters. The van der Waals surface area contributed by atoms with E-state index in [4.69, 9.17) is 16.7 Å². The Morgan fingerprint density at radius 1 is 1.48 bits per heavy atom. The number of benzene rings is 1. The first-order valence-electron chi connectivity index (χ1n) is 6.35. The molecule has 6 nitrogen and oxygen atoms in total. The van der Waals surface area contributed by atoms with Gasteiger partial charge in [-0.25, -0.2) is 4.68 Å². The lowest BCUT2D eigenvalue weighted by Gasteiger charge is -2.20. The van der Waals surface area contributed by atoms with Crippen molar-refractivity contribution in [3.8, 4) is 11.4 Å². The number of carboxylic acids is 1. The van der Waals surface area contributed by atoms with Gasteiger partial charge in [-0.3, -0.25) is 4.79 Å². The Morgan fingerprint density at radius 3 is 2.81 bits per heavy atom. The van der Waals surface area contributed by atoms with Crippen molar-refractivity contribution in [2.45, 2.75) is 26.3 Å². The van der Waals surface area contributed by atoms with Gasteiger partial charge in [0.2, 0.25) is 0 Å². The van der Waals surface area contributed by atoms with Gasteiger partial charge < -0.3 is 5.11 Å². The topological polar surface area (TPSA) is 80.9 Å². The van der Waals surface area contributed by atoms with Crippen LogP contribution in [0.5, 0.6) is 0 Å². The Kier molecular flexibility index (Phi) is 4.95. The predicted molar refractivity (Wildman–Crippen MR) is 82.1 cm³/mol. The monoisotopic (exact) mass is 372 g/mol. The summed E-state index contributed by atoms with van der Waals surface area (Å²) in [4.78, 5) is 11.1. The van der Waals surface area contributed by atoms with Gasteiger partial charge in [0.25, 0.3) is 0 Å². The highest BCUT2D eigenvalue weighted by molar-refractivity contribution is 9.10. The molecule has 1 unspecified atom stereocenters. The van der Waals surface area contributed by atoms with Crippen molar-refractivity contribution in [3.05, 3.63) is 27.7 Å². The third-order valence-corrected chi connectivity index (χ3v) is 4.45. The van der Waals surface area contributed by atoms with E-state index >= 15 is 0 Å². The molecule has 0 bridgehead atoms. The average molecular weight is 374 g/mol. The van der Waals surface area contributed by atoms with E-state index < -0.39 is 5.97 Å². The number of tetrazole rings is 1. The molecule has 0 fully saturated rings. The van der Waals surface area contributed by atoms with E-state index in [9.17, 15) is 4.79 Å². The Bertz CT molecular complexity index is 659. The van der Waals surface area contributed by atoms with Crippen LogP contribution in [0.25, 0.3) is 11.4 Å². The van der Waals surface area contributed by atoms with Gasteiger partial charge in [0, 0.05) is 10.0 Å². The highest BCUT2D eigenvalue weighted by atomic mass is 79.9. The molecule has 1 aromatic carbocycles. The Balaban J connectivity index is 2.51. The highest BCUT2D eigenvalue weighted by Gasteiger charge is 2.25. The first kappa shape index (κ1) is 15.9. The van der Waals surface area contributed by atoms with Gasteiger partial charge in [0.15, 0.2) is 5.82 Å². The minimum Gasteiger partial charge on any atom is -0.481 e. The Hall–Kier alpha value is -1.47. The van der Waals surface area contributed by atoms with Crippen molar-refractivity contribution < 1.29 is 9.90 Å². The number of rotatable bonds is 5. The molecule has 0 radical (unpaired) electrons. The zero-order valence-corrected chi connectivity index (χ0v) is 13.8. The summed E-state index contributed by atoms with van der Waals surface area (Å²) in [6.45, 7) is 3.86. The van der Waals surface area contributed by atoms with Gasteiger partial charge in [-0.1, -0.05) is 31.5 Å². The van der Waals surface area contributed by atoms with Crippen LogP contribution < -0.4 is 0 Å². The van der Waals surface area contributed by atoms with E-state index in [1.807, 2.05) is 26.0 Å². The molecule has 0 saturated heterocycles.